The van der Waals surface area contributed by atoms with Crippen molar-refractivity contribution in [2.45, 2.75) is 6.42 Å². The van der Waals surface area contributed by atoms with Gasteiger partial charge in [-0.15, -0.1) is 0 Å². The normalized spacial score (nSPS) is 14.9. The van der Waals surface area contributed by atoms with E-state index in [2.05, 4.69) is 5.32 Å². The molecule has 5 nitrogen and oxygen atoms in total. The Hall–Kier alpha value is -1.46. The van der Waals surface area contributed by atoms with Crippen molar-refractivity contribution in [1.29, 1.82) is 0 Å². The van der Waals surface area contributed by atoms with Crippen LogP contribution in [-0.2, 0) is 4.79 Å². The van der Waals surface area contributed by atoms with Gasteiger partial charge in [-0.1, -0.05) is 23.2 Å². The number of urea groups is 1. The molecule has 1 saturated heterocycles. The van der Waals surface area contributed by atoms with E-state index in [1.54, 1.807) is 23.1 Å². The van der Waals surface area contributed by atoms with Gasteiger partial charge in [0.2, 0.25) is 0 Å². The number of benzene rings is 1. The molecule has 0 bridgehead atoms. The van der Waals surface area contributed by atoms with E-state index in [9.17, 15) is 9.59 Å². The maximum Gasteiger partial charge on any atom is 0.321 e. The van der Waals surface area contributed by atoms with Gasteiger partial charge >= 0.3 is 12.0 Å². The summed E-state index contributed by atoms with van der Waals surface area (Å²) in [7, 11) is 0. The van der Waals surface area contributed by atoms with Crippen LogP contribution in [0.25, 0.3) is 0 Å². The Morgan fingerprint density at radius 3 is 2.63 bits per heavy atom. The van der Waals surface area contributed by atoms with Gasteiger partial charge in [-0.3, -0.25) is 4.79 Å². The van der Waals surface area contributed by atoms with Crippen LogP contribution in [0.1, 0.15) is 6.42 Å². The molecule has 19 heavy (non-hydrogen) atoms. The Morgan fingerprint density at radius 1 is 1.37 bits per heavy atom. The van der Waals surface area contributed by atoms with Crippen LogP contribution in [0, 0.1) is 5.92 Å². The molecule has 1 aliphatic heterocycles. The van der Waals surface area contributed by atoms with Crippen molar-refractivity contribution >= 4 is 40.9 Å². The number of carbonyl (C=O) groups excluding carboxylic acids is 1. The summed E-state index contributed by atoms with van der Waals surface area (Å²) in [4.78, 5) is 23.9. The van der Waals surface area contributed by atoms with Gasteiger partial charge in [0.15, 0.2) is 0 Å². The lowest BCUT2D eigenvalue weighted by atomic mass is 9.97. The highest BCUT2D eigenvalue weighted by Gasteiger charge is 2.32. The molecule has 2 N–H and O–H groups in total. The number of amides is 2. The Morgan fingerprint density at radius 2 is 2.05 bits per heavy atom. The minimum Gasteiger partial charge on any atom is -0.481 e. The summed E-state index contributed by atoms with van der Waals surface area (Å²) in [6.45, 7) is 0.896. The standard InChI is InChI=1S/C12H12Cl2N2O3/c13-8-1-2-10(9(14)4-8)15-12(19)16-5-7(6-16)3-11(17)18/h1-2,4,7H,3,5-6H2,(H,15,19)(H,17,18). The van der Waals surface area contributed by atoms with Crippen molar-refractivity contribution in [3.05, 3.63) is 28.2 Å². The molecule has 0 saturated carbocycles. The van der Waals surface area contributed by atoms with Crippen LogP contribution in [-0.4, -0.2) is 35.1 Å². The van der Waals surface area contributed by atoms with Gasteiger partial charge in [0.05, 0.1) is 17.1 Å². The summed E-state index contributed by atoms with van der Waals surface area (Å²) in [5.74, 6) is -0.810. The van der Waals surface area contributed by atoms with Gasteiger partial charge in [-0.25, -0.2) is 4.79 Å². The lowest BCUT2D eigenvalue weighted by molar-refractivity contribution is -0.139. The summed E-state index contributed by atoms with van der Waals surface area (Å²) in [6.07, 6.45) is 0.0888. The molecule has 0 aromatic heterocycles. The molecule has 1 heterocycles. The molecule has 1 aromatic carbocycles. The van der Waals surface area contributed by atoms with Gasteiger partial charge in [0.1, 0.15) is 0 Å². The molecule has 2 rings (SSSR count). The fraction of sp³-hybridized carbons (Fsp3) is 0.333. The smallest absolute Gasteiger partial charge is 0.321 e. The highest BCUT2D eigenvalue weighted by molar-refractivity contribution is 6.36. The lowest BCUT2D eigenvalue weighted by Crippen LogP contribution is -2.52. The van der Waals surface area contributed by atoms with Crippen LogP contribution >= 0.6 is 23.2 Å². The molecule has 1 aliphatic rings. The first-order valence-corrected chi connectivity index (χ1v) is 6.44. The zero-order valence-electron chi connectivity index (χ0n) is 9.90. The van der Waals surface area contributed by atoms with Crippen LogP contribution < -0.4 is 5.32 Å². The number of hydrogen-bond acceptors (Lipinski definition) is 2. The number of halogens is 2. The van der Waals surface area contributed by atoms with Crippen molar-refractivity contribution in [1.82, 2.24) is 4.90 Å². The number of carboxylic acid groups (broad SMARTS) is 1. The van der Waals surface area contributed by atoms with E-state index in [1.807, 2.05) is 0 Å². The molecule has 0 unspecified atom stereocenters. The number of carbonyl (C=O) groups is 2. The third-order valence-electron chi connectivity index (χ3n) is 2.88. The van der Waals surface area contributed by atoms with Crippen LogP contribution in [0.4, 0.5) is 10.5 Å². The molecular formula is C12H12Cl2N2O3. The zero-order valence-corrected chi connectivity index (χ0v) is 11.4. The lowest BCUT2D eigenvalue weighted by Gasteiger charge is -2.38. The molecule has 0 atom stereocenters. The number of rotatable bonds is 3. The van der Waals surface area contributed by atoms with E-state index in [0.717, 1.165) is 0 Å². The second-order valence-corrected chi connectivity index (χ2v) is 5.27. The van der Waals surface area contributed by atoms with Gasteiger partial charge in [0, 0.05) is 24.0 Å². The average molecular weight is 303 g/mol. The van der Waals surface area contributed by atoms with E-state index in [4.69, 9.17) is 28.3 Å². The second kappa shape index (κ2) is 5.67. The Kier molecular flexibility index (Phi) is 4.17. The molecule has 0 spiro atoms. The predicted molar refractivity (Wildman–Crippen MR) is 72.8 cm³/mol. The van der Waals surface area contributed by atoms with Gasteiger partial charge in [-0.2, -0.15) is 0 Å². The number of nitrogens with zero attached hydrogens (tertiary/aromatic N) is 1. The fourth-order valence-corrected chi connectivity index (χ4v) is 2.35. The maximum atomic E-state index is 11.8. The van der Waals surface area contributed by atoms with Gasteiger partial charge in [0.25, 0.3) is 0 Å². The predicted octanol–water partition coefficient (Wildman–Crippen LogP) is 2.93. The topological polar surface area (TPSA) is 69.6 Å². The molecular weight excluding hydrogens is 291 g/mol. The molecule has 0 aliphatic carbocycles. The molecule has 1 fully saturated rings. The van der Waals surface area contributed by atoms with Gasteiger partial charge < -0.3 is 15.3 Å². The van der Waals surface area contributed by atoms with E-state index >= 15 is 0 Å². The first-order valence-electron chi connectivity index (χ1n) is 5.68. The minimum atomic E-state index is -0.842. The Bertz CT molecular complexity index is 516. The quantitative estimate of drug-likeness (QED) is 0.902. The Balaban J connectivity index is 1.87. The van der Waals surface area contributed by atoms with E-state index < -0.39 is 5.97 Å². The first kappa shape index (κ1) is 14.0. The highest BCUT2D eigenvalue weighted by Crippen LogP contribution is 2.27. The van der Waals surface area contributed by atoms with Crippen LogP contribution in [0.5, 0.6) is 0 Å². The molecule has 7 heteroatoms. The molecule has 0 radical (unpaired) electrons. The largest absolute Gasteiger partial charge is 0.481 e. The number of carboxylic acids is 1. The average Bonchev–Trinajstić information content (AvgIpc) is 2.26. The van der Waals surface area contributed by atoms with Crippen molar-refractivity contribution in [2.75, 3.05) is 18.4 Å². The van der Waals surface area contributed by atoms with Crippen LogP contribution in [0.15, 0.2) is 18.2 Å². The minimum absolute atomic E-state index is 0.0314. The van der Waals surface area contributed by atoms with E-state index in [-0.39, 0.29) is 18.4 Å². The van der Waals surface area contributed by atoms with Crippen molar-refractivity contribution in [3.8, 4) is 0 Å². The van der Waals surface area contributed by atoms with Crippen molar-refractivity contribution < 1.29 is 14.7 Å². The SMILES string of the molecule is O=C(O)CC1CN(C(=O)Nc2ccc(Cl)cc2Cl)C1. The number of anilines is 1. The van der Waals surface area contributed by atoms with Crippen molar-refractivity contribution in [2.24, 2.45) is 5.92 Å². The maximum absolute atomic E-state index is 11.8. The third kappa shape index (κ3) is 3.52. The number of nitrogens with one attached hydrogen (secondary N) is 1. The van der Waals surface area contributed by atoms with E-state index in [1.165, 1.54) is 0 Å². The first-order chi connectivity index (χ1) is 8.95. The molecule has 2 amide bonds. The summed E-state index contributed by atoms with van der Waals surface area (Å²) in [5.41, 5.74) is 0.484. The molecule has 1 aromatic rings. The third-order valence-corrected chi connectivity index (χ3v) is 3.43. The summed E-state index contributed by atoms with van der Waals surface area (Å²) in [6, 6.07) is 4.51. The van der Waals surface area contributed by atoms with Crippen LogP contribution in [0.3, 0.4) is 0 Å². The highest BCUT2D eigenvalue weighted by atomic mass is 35.5. The second-order valence-electron chi connectivity index (χ2n) is 4.42. The number of hydrogen-bond donors (Lipinski definition) is 2. The zero-order chi connectivity index (χ0) is 14.0. The number of aliphatic carboxylic acids is 1. The number of likely N-dealkylation sites (tertiary alicyclic amines) is 1. The summed E-state index contributed by atoms with van der Waals surface area (Å²) >= 11 is 11.7. The Labute approximate surface area is 120 Å². The summed E-state index contributed by atoms with van der Waals surface area (Å²) < 4.78 is 0. The fourth-order valence-electron chi connectivity index (χ4n) is 1.90. The van der Waals surface area contributed by atoms with Crippen molar-refractivity contribution in [3.63, 3.8) is 0 Å². The summed E-state index contributed by atoms with van der Waals surface area (Å²) in [5, 5.41) is 12.1. The monoisotopic (exact) mass is 302 g/mol. The van der Waals surface area contributed by atoms with Gasteiger partial charge in [-0.05, 0) is 18.2 Å². The van der Waals surface area contributed by atoms with Crippen LogP contribution in [0.2, 0.25) is 10.0 Å². The molecule has 102 valence electrons. The van der Waals surface area contributed by atoms with E-state index in [0.29, 0.717) is 28.8 Å².